The van der Waals surface area contributed by atoms with Gasteiger partial charge in [-0.05, 0) is 39.3 Å². The van der Waals surface area contributed by atoms with E-state index < -0.39 is 6.10 Å². The van der Waals surface area contributed by atoms with Gasteiger partial charge >= 0.3 is 0 Å². The summed E-state index contributed by atoms with van der Waals surface area (Å²) in [5, 5.41) is 9.45. The number of pyridine rings is 1. The highest BCUT2D eigenvalue weighted by Crippen LogP contribution is 2.22. The van der Waals surface area contributed by atoms with E-state index in [0.29, 0.717) is 0 Å². The van der Waals surface area contributed by atoms with E-state index in [1.165, 1.54) is 0 Å². The topological polar surface area (TPSA) is 36.4 Å². The zero-order chi connectivity index (χ0) is 13.1. The van der Waals surface area contributed by atoms with Gasteiger partial charge in [0.2, 0.25) is 0 Å². The number of rotatable bonds is 4. The van der Waals surface area contributed by atoms with Gasteiger partial charge in [0.05, 0.1) is 6.10 Å². The van der Waals surface area contributed by atoms with Crippen molar-refractivity contribution in [3.63, 3.8) is 0 Å². The molecule has 1 N–H and O–H groups in total. The van der Waals surface area contributed by atoms with Crippen molar-refractivity contribution >= 4 is 5.82 Å². The smallest absolute Gasteiger partial charge is 0.129 e. The second kappa shape index (κ2) is 5.32. The molecule has 1 aromatic heterocycles. The van der Waals surface area contributed by atoms with Crippen LogP contribution in [-0.4, -0.2) is 22.2 Å². The van der Waals surface area contributed by atoms with Crippen LogP contribution >= 0.6 is 0 Å². The lowest BCUT2D eigenvalue weighted by atomic mass is 10.1. The number of aromatic nitrogens is 1. The van der Waals surface area contributed by atoms with E-state index in [2.05, 4.69) is 37.2 Å². The molecule has 17 heavy (non-hydrogen) atoms. The first-order chi connectivity index (χ1) is 7.86. The van der Waals surface area contributed by atoms with Gasteiger partial charge in [0.15, 0.2) is 0 Å². The van der Waals surface area contributed by atoms with Crippen molar-refractivity contribution < 1.29 is 5.11 Å². The van der Waals surface area contributed by atoms with E-state index in [0.717, 1.165) is 17.9 Å². The summed E-state index contributed by atoms with van der Waals surface area (Å²) in [5.41, 5.74) is 0.828. The van der Waals surface area contributed by atoms with Crippen molar-refractivity contribution in [2.24, 2.45) is 0 Å². The van der Waals surface area contributed by atoms with Gasteiger partial charge in [-0.25, -0.2) is 4.98 Å². The van der Waals surface area contributed by atoms with Gasteiger partial charge in [0.1, 0.15) is 5.82 Å². The van der Waals surface area contributed by atoms with Crippen molar-refractivity contribution in [3.8, 4) is 0 Å². The Morgan fingerprint density at radius 3 is 2.47 bits per heavy atom. The first kappa shape index (κ1) is 13.7. The molecule has 1 atom stereocenters. The fraction of sp³-hybridized carbons (Fsp3) is 0.500. The maximum atomic E-state index is 9.45. The number of hydrogen-bond acceptors (Lipinski definition) is 3. The maximum absolute atomic E-state index is 9.45. The Balaban J connectivity index is 2.99. The predicted octanol–water partition coefficient (Wildman–Crippen LogP) is 2.93. The summed E-state index contributed by atoms with van der Waals surface area (Å²) in [6, 6.07) is 3.85. The highest BCUT2D eigenvalue weighted by Gasteiger charge is 2.21. The summed E-state index contributed by atoms with van der Waals surface area (Å²) < 4.78 is 0. The predicted molar refractivity (Wildman–Crippen MR) is 72.2 cm³/mol. The molecule has 0 bridgehead atoms. The molecule has 3 heteroatoms. The lowest BCUT2D eigenvalue weighted by molar-refractivity contribution is 0.199. The number of hydrogen-bond donors (Lipinski definition) is 1. The van der Waals surface area contributed by atoms with Crippen LogP contribution in [0, 0.1) is 0 Å². The molecule has 0 aliphatic carbocycles. The van der Waals surface area contributed by atoms with Gasteiger partial charge in [0, 0.05) is 18.3 Å². The van der Waals surface area contributed by atoms with Gasteiger partial charge < -0.3 is 10.0 Å². The highest BCUT2D eigenvalue weighted by atomic mass is 16.3. The number of nitrogens with zero attached hydrogens (tertiary/aromatic N) is 2. The van der Waals surface area contributed by atoms with Gasteiger partial charge in [0.25, 0.3) is 0 Å². The molecule has 0 aromatic carbocycles. The third-order valence-electron chi connectivity index (χ3n) is 2.65. The number of aliphatic hydroxyl groups is 1. The minimum Gasteiger partial charge on any atom is -0.389 e. The summed E-state index contributed by atoms with van der Waals surface area (Å²) in [6.07, 6.45) is 3.12. The van der Waals surface area contributed by atoms with E-state index in [9.17, 15) is 5.11 Å². The third kappa shape index (κ3) is 3.56. The molecule has 0 aliphatic heterocycles. The van der Waals surface area contributed by atoms with Crippen LogP contribution in [0.25, 0.3) is 0 Å². The molecule has 0 fully saturated rings. The highest BCUT2D eigenvalue weighted by molar-refractivity contribution is 5.43. The minimum atomic E-state index is -0.473. The van der Waals surface area contributed by atoms with E-state index in [1.54, 1.807) is 13.1 Å². The van der Waals surface area contributed by atoms with Crippen molar-refractivity contribution in [3.05, 3.63) is 36.5 Å². The molecule has 1 aromatic rings. The molecule has 1 rings (SSSR count). The standard InChI is InChI=1S/C14H22N2O/c1-6-9-16(14(3,4)5)13-8-7-12(10-15-13)11(2)17/h6-8,10-11,17H,1,9H2,2-5H3. The van der Waals surface area contributed by atoms with Crippen LogP contribution in [-0.2, 0) is 0 Å². The van der Waals surface area contributed by atoms with Crippen LogP contribution in [0.4, 0.5) is 5.82 Å². The number of anilines is 1. The molecule has 0 amide bonds. The van der Waals surface area contributed by atoms with Crippen LogP contribution < -0.4 is 4.90 Å². The molecular formula is C14H22N2O. The second-order valence-corrected chi connectivity index (χ2v) is 5.20. The van der Waals surface area contributed by atoms with Crippen molar-refractivity contribution in [1.29, 1.82) is 0 Å². The van der Waals surface area contributed by atoms with Crippen molar-refractivity contribution in [2.75, 3.05) is 11.4 Å². The normalized spacial score (nSPS) is 13.2. The van der Waals surface area contributed by atoms with E-state index >= 15 is 0 Å². The molecule has 3 nitrogen and oxygen atoms in total. The second-order valence-electron chi connectivity index (χ2n) is 5.20. The van der Waals surface area contributed by atoms with Gasteiger partial charge in [-0.2, -0.15) is 0 Å². The van der Waals surface area contributed by atoms with Crippen LogP contribution in [0.5, 0.6) is 0 Å². The SMILES string of the molecule is C=CCN(c1ccc(C(C)O)cn1)C(C)(C)C. The zero-order valence-corrected chi connectivity index (χ0v) is 11.1. The summed E-state index contributed by atoms with van der Waals surface area (Å²) in [7, 11) is 0. The molecule has 0 saturated carbocycles. The Bertz CT molecular complexity index is 363. The fourth-order valence-electron chi connectivity index (χ4n) is 1.64. The van der Waals surface area contributed by atoms with Crippen LogP contribution in [0.2, 0.25) is 0 Å². The quantitative estimate of drug-likeness (QED) is 0.814. The first-order valence-corrected chi connectivity index (χ1v) is 5.89. The monoisotopic (exact) mass is 234 g/mol. The van der Waals surface area contributed by atoms with Gasteiger partial charge in [-0.3, -0.25) is 0 Å². The molecule has 0 spiro atoms. The molecule has 0 saturated heterocycles. The lowest BCUT2D eigenvalue weighted by Gasteiger charge is -2.36. The fourth-order valence-corrected chi connectivity index (χ4v) is 1.64. The van der Waals surface area contributed by atoms with Crippen LogP contribution in [0.15, 0.2) is 31.0 Å². The summed E-state index contributed by atoms with van der Waals surface area (Å²) in [6.45, 7) is 12.7. The Hall–Kier alpha value is -1.35. The molecular weight excluding hydrogens is 212 g/mol. The average Bonchev–Trinajstić information content (AvgIpc) is 2.24. The van der Waals surface area contributed by atoms with E-state index in [-0.39, 0.29) is 5.54 Å². The summed E-state index contributed by atoms with van der Waals surface area (Å²) in [4.78, 5) is 6.58. The molecule has 0 aliphatic rings. The Labute approximate surface area is 104 Å². The Morgan fingerprint density at radius 2 is 2.12 bits per heavy atom. The van der Waals surface area contributed by atoms with Gasteiger partial charge in [-0.1, -0.05) is 12.1 Å². The molecule has 1 heterocycles. The molecule has 94 valence electrons. The third-order valence-corrected chi connectivity index (χ3v) is 2.65. The summed E-state index contributed by atoms with van der Waals surface area (Å²) in [5.74, 6) is 0.904. The number of aliphatic hydroxyl groups excluding tert-OH is 1. The van der Waals surface area contributed by atoms with Gasteiger partial charge in [-0.15, -0.1) is 6.58 Å². The van der Waals surface area contributed by atoms with E-state index in [1.807, 2.05) is 18.2 Å². The van der Waals surface area contributed by atoms with Crippen molar-refractivity contribution in [1.82, 2.24) is 4.98 Å². The van der Waals surface area contributed by atoms with E-state index in [4.69, 9.17) is 0 Å². The first-order valence-electron chi connectivity index (χ1n) is 5.89. The lowest BCUT2D eigenvalue weighted by Crippen LogP contribution is -2.42. The molecule has 0 radical (unpaired) electrons. The minimum absolute atomic E-state index is 0.00641. The maximum Gasteiger partial charge on any atom is 0.129 e. The summed E-state index contributed by atoms with van der Waals surface area (Å²) >= 11 is 0. The zero-order valence-electron chi connectivity index (χ0n) is 11.1. The average molecular weight is 234 g/mol. The van der Waals surface area contributed by atoms with Crippen LogP contribution in [0.3, 0.4) is 0 Å². The van der Waals surface area contributed by atoms with Crippen LogP contribution in [0.1, 0.15) is 39.4 Å². The molecule has 1 unspecified atom stereocenters. The largest absolute Gasteiger partial charge is 0.389 e. The van der Waals surface area contributed by atoms with Crippen molar-refractivity contribution in [2.45, 2.75) is 39.3 Å². The Morgan fingerprint density at radius 1 is 1.47 bits per heavy atom. The Kier molecular flexibility index (Phi) is 4.29.